The Kier molecular flexibility index (Phi) is 6.00. The van der Waals surface area contributed by atoms with Crippen molar-refractivity contribution in [1.82, 2.24) is 9.03 Å². The molecule has 1 rings (SSSR count). The second-order valence-electron chi connectivity index (χ2n) is 4.96. The van der Waals surface area contributed by atoms with E-state index in [0.717, 1.165) is 0 Å². The number of ether oxygens (including phenoxy) is 1. The van der Waals surface area contributed by atoms with Crippen LogP contribution in [-0.2, 0) is 14.9 Å². The molecule has 0 aromatic carbocycles. The van der Waals surface area contributed by atoms with Gasteiger partial charge in [0.1, 0.15) is 0 Å². The van der Waals surface area contributed by atoms with Gasteiger partial charge in [0.2, 0.25) is 0 Å². The SMILES string of the molecule is CC(CCCO)NS(=O)(=O)N1CC(C)OC(C)C1. The Morgan fingerprint density at radius 3 is 2.44 bits per heavy atom. The van der Waals surface area contributed by atoms with E-state index in [0.29, 0.717) is 25.9 Å². The summed E-state index contributed by atoms with van der Waals surface area (Å²) < 4.78 is 33.9. The predicted molar refractivity (Wildman–Crippen MR) is 69.4 cm³/mol. The average Bonchev–Trinajstić information content (AvgIpc) is 2.24. The summed E-state index contributed by atoms with van der Waals surface area (Å²) in [7, 11) is -3.46. The van der Waals surface area contributed by atoms with Crippen LogP contribution >= 0.6 is 0 Å². The highest BCUT2D eigenvalue weighted by molar-refractivity contribution is 7.87. The lowest BCUT2D eigenvalue weighted by atomic mass is 10.2. The van der Waals surface area contributed by atoms with Crippen molar-refractivity contribution in [2.24, 2.45) is 0 Å². The van der Waals surface area contributed by atoms with Gasteiger partial charge in [-0.05, 0) is 33.6 Å². The molecule has 1 aliphatic rings. The van der Waals surface area contributed by atoms with Gasteiger partial charge in [-0.15, -0.1) is 0 Å². The molecule has 1 aliphatic heterocycles. The van der Waals surface area contributed by atoms with Gasteiger partial charge >= 0.3 is 0 Å². The molecular formula is C11H24N2O4S. The number of hydrogen-bond acceptors (Lipinski definition) is 4. The molecule has 1 fully saturated rings. The van der Waals surface area contributed by atoms with Crippen LogP contribution in [0.1, 0.15) is 33.6 Å². The van der Waals surface area contributed by atoms with Crippen LogP contribution in [0.15, 0.2) is 0 Å². The number of aliphatic hydroxyl groups excluding tert-OH is 1. The Morgan fingerprint density at radius 2 is 1.94 bits per heavy atom. The molecule has 0 aliphatic carbocycles. The standard InChI is InChI=1S/C11H24N2O4S/c1-9(5-4-6-14)12-18(15,16)13-7-10(2)17-11(3)8-13/h9-12,14H,4-8H2,1-3H3. The highest BCUT2D eigenvalue weighted by Gasteiger charge is 2.31. The number of hydrogen-bond donors (Lipinski definition) is 2. The maximum absolute atomic E-state index is 12.1. The zero-order valence-corrected chi connectivity index (χ0v) is 12.1. The molecule has 1 saturated heterocycles. The molecule has 18 heavy (non-hydrogen) atoms. The van der Waals surface area contributed by atoms with Gasteiger partial charge in [-0.2, -0.15) is 17.4 Å². The van der Waals surface area contributed by atoms with Gasteiger partial charge in [-0.25, -0.2) is 0 Å². The first-order chi connectivity index (χ1) is 8.35. The molecule has 2 N–H and O–H groups in total. The fourth-order valence-electron chi connectivity index (χ4n) is 2.11. The number of rotatable bonds is 6. The number of nitrogens with one attached hydrogen (secondary N) is 1. The lowest BCUT2D eigenvalue weighted by molar-refractivity contribution is -0.0444. The van der Waals surface area contributed by atoms with E-state index < -0.39 is 10.2 Å². The van der Waals surface area contributed by atoms with Gasteiger partial charge in [-0.1, -0.05) is 0 Å². The fourth-order valence-corrected chi connectivity index (χ4v) is 3.70. The van der Waals surface area contributed by atoms with Crippen molar-refractivity contribution in [1.29, 1.82) is 0 Å². The van der Waals surface area contributed by atoms with E-state index >= 15 is 0 Å². The maximum Gasteiger partial charge on any atom is 0.279 e. The van der Waals surface area contributed by atoms with Crippen LogP contribution in [0.4, 0.5) is 0 Å². The molecule has 0 aromatic heterocycles. The fraction of sp³-hybridized carbons (Fsp3) is 1.00. The first kappa shape index (κ1) is 15.8. The maximum atomic E-state index is 12.1. The summed E-state index contributed by atoms with van der Waals surface area (Å²) in [4.78, 5) is 0. The molecule has 6 nitrogen and oxygen atoms in total. The molecule has 0 saturated carbocycles. The molecule has 3 unspecified atom stereocenters. The van der Waals surface area contributed by atoms with E-state index in [4.69, 9.17) is 9.84 Å². The lowest BCUT2D eigenvalue weighted by Gasteiger charge is -2.35. The Balaban J connectivity index is 2.57. The Bertz CT molecular complexity index is 337. The lowest BCUT2D eigenvalue weighted by Crippen LogP contribution is -2.53. The first-order valence-corrected chi connectivity index (χ1v) is 7.83. The third-order valence-electron chi connectivity index (χ3n) is 2.87. The van der Waals surface area contributed by atoms with E-state index in [1.165, 1.54) is 4.31 Å². The van der Waals surface area contributed by atoms with E-state index in [1.807, 2.05) is 13.8 Å². The molecule has 0 spiro atoms. The summed E-state index contributed by atoms with van der Waals surface area (Å²) in [6.45, 7) is 6.39. The molecule has 3 atom stereocenters. The van der Waals surface area contributed by atoms with Gasteiger partial charge in [0.15, 0.2) is 0 Å². The average molecular weight is 280 g/mol. The molecule has 1 heterocycles. The van der Waals surface area contributed by atoms with E-state index in [2.05, 4.69) is 4.72 Å². The van der Waals surface area contributed by atoms with Gasteiger partial charge < -0.3 is 9.84 Å². The van der Waals surface area contributed by atoms with Crippen molar-refractivity contribution in [3.05, 3.63) is 0 Å². The monoisotopic (exact) mass is 280 g/mol. The number of aliphatic hydroxyl groups is 1. The molecular weight excluding hydrogens is 256 g/mol. The highest BCUT2D eigenvalue weighted by atomic mass is 32.2. The van der Waals surface area contributed by atoms with Crippen LogP contribution in [0.3, 0.4) is 0 Å². The van der Waals surface area contributed by atoms with Crippen molar-refractivity contribution in [2.75, 3.05) is 19.7 Å². The molecule has 0 amide bonds. The van der Waals surface area contributed by atoms with Crippen LogP contribution in [0.25, 0.3) is 0 Å². The van der Waals surface area contributed by atoms with Crippen LogP contribution in [0.2, 0.25) is 0 Å². The number of nitrogens with zero attached hydrogens (tertiary/aromatic N) is 1. The summed E-state index contributed by atoms with van der Waals surface area (Å²) >= 11 is 0. The number of morpholine rings is 1. The normalized spacial score (nSPS) is 28.2. The Labute approximate surface area is 109 Å². The van der Waals surface area contributed by atoms with Gasteiger partial charge in [0.05, 0.1) is 12.2 Å². The zero-order valence-electron chi connectivity index (χ0n) is 11.3. The van der Waals surface area contributed by atoms with E-state index in [9.17, 15) is 8.42 Å². The van der Waals surface area contributed by atoms with Gasteiger partial charge in [0, 0.05) is 25.7 Å². The summed E-state index contributed by atoms with van der Waals surface area (Å²) in [6.07, 6.45) is 1.06. The highest BCUT2D eigenvalue weighted by Crippen LogP contribution is 2.14. The molecule has 0 bridgehead atoms. The van der Waals surface area contributed by atoms with E-state index in [1.54, 1.807) is 6.92 Å². The topological polar surface area (TPSA) is 78.9 Å². The summed E-state index contributed by atoms with van der Waals surface area (Å²) in [5.41, 5.74) is 0. The summed E-state index contributed by atoms with van der Waals surface area (Å²) in [5.74, 6) is 0. The van der Waals surface area contributed by atoms with Crippen molar-refractivity contribution in [2.45, 2.75) is 51.9 Å². The second-order valence-corrected chi connectivity index (χ2v) is 6.67. The van der Waals surface area contributed by atoms with Gasteiger partial charge in [-0.3, -0.25) is 0 Å². The minimum absolute atomic E-state index is 0.0810. The quantitative estimate of drug-likeness (QED) is 0.723. The second kappa shape index (κ2) is 6.81. The van der Waals surface area contributed by atoms with Crippen molar-refractivity contribution in [3.8, 4) is 0 Å². The molecule has 7 heteroatoms. The smallest absolute Gasteiger partial charge is 0.279 e. The van der Waals surface area contributed by atoms with Crippen LogP contribution in [-0.4, -0.2) is 55.8 Å². The van der Waals surface area contributed by atoms with E-state index in [-0.39, 0.29) is 24.9 Å². The van der Waals surface area contributed by atoms with Crippen LogP contribution in [0, 0.1) is 0 Å². The van der Waals surface area contributed by atoms with Crippen molar-refractivity contribution < 1.29 is 18.3 Å². The van der Waals surface area contributed by atoms with Crippen molar-refractivity contribution >= 4 is 10.2 Å². The van der Waals surface area contributed by atoms with Gasteiger partial charge in [0.25, 0.3) is 10.2 Å². The Hall–Kier alpha value is -0.210. The Morgan fingerprint density at radius 1 is 1.39 bits per heavy atom. The summed E-state index contributed by atoms with van der Waals surface area (Å²) in [5, 5.41) is 8.73. The van der Waals surface area contributed by atoms with Crippen molar-refractivity contribution in [3.63, 3.8) is 0 Å². The molecule has 0 radical (unpaired) electrons. The van der Waals surface area contributed by atoms with Crippen LogP contribution in [0.5, 0.6) is 0 Å². The minimum Gasteiger partial charge on any atom is -0.396 e. The first-order valence-electron chi connectivity index (χ1n) is 6.39. The third kappa shape index (κ3) is 4.81. The summed E-state index contributed by atoms with van der Waals surface area (Å²) in [6, 6.07) is -0.171. The largest absolute Gasteiger partial charge is 0.396 e. The molecule has 108 valence electrons. The zero-order chi connectivity index (χ0) is 13.8. The predicted octanol–water partition coefficient (Wildman–Crippen LogP) is 0.0910. The van der Waals surface area contributed by atoms with Crippen LogP contribution < -0.4 is 4.72 Å². The molecule has 0 aromatic rings. The minimum atomic E-state index is -3.46. The third-order valence-corrected chi connectivity index (χ3v) is 4.55.